The van der Waals surface area contributed by atoms with Gasteiger partial charge in [-0.2, -0.15) is 0 Å². The second-order valence-electron chi connectivity index (χ2n) is 4.13. The number of hydrogen-bond acceptors (Lipinski definition) is 3. The predicted octanol–water partition coefficient (Wildman–Crippen LogP) is 3.42. The fourth-order valence-corrected chi connectivity index (χ4v) is 2.35. The molecule has 0 aliphatic rings. The van der Waals surface area contributed by atoms with E-state index >= 15 is 0 Å². The molecule has 0 atom stereocenters. The molecule has 0 fully saturated rings. The third-order valence-corrected chi connectivity index (χ3v) is 3.60. The number of hydrogen-bond donors (Lipinski definition) is 2. The van der Waals surface area contributed by atoms with Crippen LogP contribution in [0.3, 0.4) is 0 Å². The Kier molecular flexibility index (Phi) is 4.74. The Morgan fingerprint density at radius 1 is 1.10 bits per heavy atom. The van der Waals surface area contributed by atoms with Crippen molar-refractivity contribution in [2.24, 2.45) is 0 Å². The molecule has 0 saturated heterocycles. The number of halogens is 3. The van der Waals surface area contributed by atoms with Gasteiger partial charge in [-0.25, -0.2) is 13.2 Å². The standard InChI is InChI=1S/C14H11F3N2OS/c15-9-3-1-2-4-12(9)19-13(20)7-21-14-10(16)5-8(18)6-11(14)17/h1-6H,7,18H2,(H,19,20). The van der Waals surface area contributed by atoms with Gasteiger partial charge in [-0.3, -0.25) is 4.79 Å². The Morgan fingerprint density at radius 2 is 1.71 bits per heavy atom. The van der Waals surface area contributed by atoms with Gasteiger partial charge in [0.15, 0.2) is 0 Å². The van der Waals surface area contributed by atoms with E-state index in [4.69, 9.17) is 5.73 Å². The number of para-hydroxylation sites is 1. The molecule has 0 bridgehead atoms. The first kappa shape index (κ1) is 15.2. The summed E-state index contributed by atoms with van der Waals surface area (Å²) >= 11 is 0.676. The van der Waals surface area contributed by atoms with Crippen LogP contribution in [0.15, 0.2) is 41.3 Å². The van der Waals surface area contributed by atoms with E-state index in [9.17, 15) is 18.0 Å². The fraction of sp³-hybridized carbons (Fsp3) is 0.0714. The number of amides is 1. The Bertz CT molecular complexity index is 656. The Morgan fingerprint density at radius 3 is 2.33 bits per heavy atom. The molecule has 21 heavy (non-hydrogen) atoms. The molecule has 0 saturated carbocycles. The quantitative estimate of drug-likeness (QED) is 0.672. The highest BCUT2D eigenvalue weighted by atomic mass is 32.2. The summed E-state index contributed by atoms with van der Waals surface area (Å²) in [4.78, 5) is 11.4. The van der Waals surface area contributed by atoms with Crippen molar-refractivity contribution < 1.29 is 18.0 Å². The number of nitrogen functional groups attached to an aromatic ring is 1. The summed E-state index contributed by atoms with van der Waals surface area (Å²) in [6.45, 7) is 0. The second-order valence-corrected chi connectivity index (χ2v) is 5.12. The number of nitrogens with two attached hydrogens (primary N) is 1. The molecule has 0 radical (unpaired) electrons. The molecule has 110 valence electrons. The maximum atomic E-state index is 13.5. The van der Waals surface area contributed by atoms with Crippen molar-refractivity contribution in [2.45, 2.75) is 4.90 Å². The first-order valence-electron chi connectivity index (χ1n) is 5.89. The summed E-state index contributed by atoms with van der Waals surface area (Å²) < 4.78 is 40.4. The van der Waals surface area contributed by atoms with Crippen molar-refractivity contribution in [3.05, 3.63) is 53.8 Å². The van der Waals surface area contributed by atoms with Crippen LogP contribution in [0.4, 0.5) is 24.5 Å². The zero-order valence-electron chi connectivity index (χ0n) is 10.7. The molecule has 0 aliphatic carbocycles. The van der Waals surface area contributed by atoms with Crippen molar-refractivity contribution in [1.82, 2.24) is 0 Å². The van der Waals surface area contributed by atoms with E-state index in [1.807, 2.05) is 0 Å². The van der Waals surface area contributed by atoms with Crippen LogP contribution < -0.4 is 11.1 Å². The number of anilines is 2. The summed E-state index contributed by atoms with van der Waals surface area (Å²) in [6, 6.07) is 7.58. The van der Waals surface area contributed by atoms with Crippen molar-refractivity contribution in [1.29, 1.82) is 0 Å². The zero-order valence-corrected chi connectivity index (χ0v) is 11.5. The number of rotatable bonds is 4. The summed E-state index contributed by atoms with van der Waals surface area (Å²) in [5.74, 6) is -3.08. The maximum Gasteiger partial charge on any atom is 0.234 e. The topological polar surface area (TPSA) is 55.1 Å². The van der Waals surface area contributed by atoms with E-state index in [1.54, 1.807) is 6.07 Å². The molecule has 0 aromatic heterocycles. The van der Waals surface area contributed by atoms with Crippen LogP contribution in [-0.4, -0.2) is 11.7 Å². The Labute approximate surface area is 123 Å². The largest absolute Gasteiger partial charge is 0.399 e. The van der Waals surface area contributed by atoms with Crippen molar-refractivity contribution in [2.75, 3.05) is 16.8 Å². The van der Waals surface area contributed by atoms with Gasteiger partial charge in [0.25, 0.3) is 0 Å². The van der Waals surface area contributed by atoms with E-state index in [2.05, 4.69) is 5.32 Å². The molecule has 0 heterocycles. The average Bonchev–Trinajstić information content (AvgIpc) is 2.40. The van der Waals surface area contributed by atoms with Gasteiger partial charge in [0, 0.05) is 5.69 Å². The average molecular weight is 312 g/mol. The van der Waals surface area contributed by atoms with Crippen LogP contribution in [0.1, 0.15) is 0 Å². The van der Waals surface area contributed by atoms with E-state index in [0.717, 1.165) is 12.1 Å². The number of carbonyl (C=O) groups is 1. The fourth-order valence-electron chi connectivity index (χ4n) is 1.60. The highest BCUT2D eigenvalue weighted by Gasteiger charge is 2.13. The van der Waals surface area contributed by atoms with E-state index < -0.39 is 23.4 Å². The highest BCUT2D eigenvalue weighted by Crippen LogP contribution is 2.27. The van der Waals surface area contributed by atoms with Crippen LogP contribution in [0.25, 0.3) is 0 Å². The third kappa shape index (κ3) is 3.91. The Hall–Kier alpha value is -2.15. The molecule has 2 aromatic rings. The zero-order chi connectivity index (χ0) is 15.4. The van der Waals surface area contributed by atoms with Crippen LogP contribution in [0.2, 0.25) is 0 Å². The van der Waals surface area contributed by atoms with Gasteiger partial charge < -0.3 is 11.1 Å². The second kappa shape index (κ2) is 6.53. The maximum absolute atomic E-state index is 13.5. The number of carbonyl (C=O) groups excluding carboxylic acids is 1. The summed E-state index contributed by atoms with van der Waals surface area (Å²) in [5, 5.41) is 2.33. The minimum absolute atomic E-state index is 0.0151. The van der Waals surface area contributed by atoms with Crippen molar-refractivity contribution >= 4 is 29.0 Å². The minimum Gasteiger partial charge on any atom is -0.399 e. The smallest absolute Gasteiger partial charge is 0.234 e. The first-order valence-corrected chi connectivity index (χ1v) is 6.87. The number of thioether (sulfide) groups is 1. The molecule has 1 amide bonds. The SMILES string of the molecule is Nc1cc(F)c(SCC(=O)Nc2ccccc2F)c(F)c1. The van der Waals surface area contributed by atoms with Gasteiger partial charge in [-0.1, -0.05) is 12.1 Å². The number of benzene rings is 2. The van der Waals surface area contributed by atoms with Crippen LogP contribution in [0, 0.1) is 17.5 Å². The van der Waals surface area contributed by atoms with E-state index in [1.165, 1.54) is 18.2 Å². The van der Waals surface area contributed by atoms with Crippen LogP contribution in [-0.2, 0) is 4.79 Å². The molecule has 3 N–H and O–H groups in total. The lowest BCUT2D eigenvalue weighted by Gasteiger charge is -2.07. The molecule has 0 aliphatic heterocycles. The lowest BCUT2D eigenvalue weighted by molar-refractivity contribution is -0.113. The van der Waals surface area contributed by atoms with Crippen molar-refractivity contribution in [3.8, 4) is 0 Å². The highest BCUT2D eigenvalue weighted by molar-refractivity contribution is 8.00. The van der Waals surface area contributed by atoms with Gasteiger partial charge in [-0.05, 0) is 24.3 Å². The van der Waals surface area contributed by atoms with E-state index in [-0.39, 0.29) is 22.0 Å². The molecule has 0 unspecified atom stereocenters. The van der Waals surface area contributed by atoms with Gasteiger partial charge >= 0.3 is 0 Å². The lowest BCUT2D eigenvalue weighted by atomic mass is 10.3. The molecule has 2 aromatic carbocycles. The minimum atomic E-state index is -0.837. The van der Waals surface area contributed by atoms with Crippen LogP contribution in [0.5, 0.6) is 0 Å². The normalized spacial score (nSPS) is 10.4. The first-order chi connectivity index (χ1) is 9.97. The molecular weight excluding hydrogens is 301 g/mol. The van der Waals surface area contributed by atoms with Gasteiger partial charge in [0.2, 0.25) is 5.91 Å². The third-order valence-electron chi connectivity index (χ3n) is 2.52. The molecule has 2 rings (SSSR count). The number of nitrogens with one attached hydrogen (secondary N) is 1. The van der Waals surface area contributed by atoms with Gasteiger partial charge in [0.05, 0.1) is 16.3 Å². The molecule has 3 nitrogen and oxygen atoms in total. The molecule has 7 heteroatoms. The monoisotopic (exact) mass is 312 g/mol. The summed E-state index contributed by atoms with van der Waals surface area (Å²) in [7, 11) is 0. The molecule has 0 spiro atoms. The van der Waals surface area contributed by atoms with Gasteiger partial charge in [0.1, 0.15) is 17.5 Å². The summed E-state index contributed by atoms with van der Waals surface area (Å²) in [5.41, 5.74) is 5.27. The molecular formula is C14H11F3N2OS. The van der Waals surface area contributed by atoms with Crippen molar-refractivity contribution in [3.63, 3.8) is 0 Å². The lowest BCUT2D eigenvalue weighted by Crippen LogP contribution is -2.15. The summed E-state index contributed by atoms with van der Waals surface area (Å²) in [6.07, 6.45) is 0. The Balaban J connectivity index is 2.01. The van der Waals surface area contributed by atoms with Gasteiger partial charge in [-0.15, -0.1) is 11.8 Å². The van der Waals surface area contributed by atoms with Crippen LogP contribution >= 0.6 is 11.8 Å². The van der Waals surface area contributed by atoms with E-state index in [0.29, 0.717) is 11.8 Å². The predicted molar refractivity (Wildman–Crippen MR) is 76.5 cm³/mol.